The maximum Gasteiger partial charge on any atom is 0.208 e. The molecule has 0 spiro atoms. The van der Waals surface area contributed by atoms with Crippen molar-refractivity contribution < 1.29 is 15.0 Å². The molecule has 0 radical (unpaired) electrons. The van der Waals surface area contributed by atoms with Gasteiger partial charge in [0.2, 0.25) is 5.78 Å². The van der Waals surface area contributed by atoms with Crippen molar-refractivity contribution in [1.29, 1.82) is 0 Å². The largest absolute Gasteiger partial charge is 0.507 e. The van der Waals surface area contributed by atoms with Gasteiger partial charge in [-0.05, 0) is 63.5 Å². The Morgan fingerprint density at radius 1 is 0.943 bits per heavy atom. The van der Waals surface area contributed by atoms with E-state index in [1.807, 2.05) is 60.4 Å². The van der Waals surface area contributed by atoms with E-state index in [-0.39, 0.29) is 11.3 Å². The van der Waals surface area contributed by atoms with Crippen molar-refractivity contribution in [3.05, 3.63) is 75.3 Å². The first-order chi connectivity index (χ1) is 16.9. The second-order valence-corrected chi connectivity index (χ2v) is 10.4. The molecular formula is C29H39BrN2O3. The molecule has 2 atom stereocenters. The molecule has 0 saturated carbocycles. The maximum atomic E-state index is 13.3. The summed E-state index contributed by atoms with van der Waals surface area (Å²) in [4.78, 5) is 17.6. The smallest absolute Gasteiger partial charge is 0.208 e. The molecule has 2 unspecified atom stereocenters. The molecular weight excluding hydrogens is 504 g/mol. The lowest BCUT2D eigenvalue weighted by molar-refractivity contribution is -0.127. The topological polar surface area (TPSA) is 64.0 Å². The molecule has 2 aromatic carbocycles. The van der Waals surface area contributed by atoms with Crippen LogP contribution in [0.5, 0.6) is 0 Å². The molecule has 0 bridgehead atoms. The first-order valence-electron chi connectivity index (χ1n) is 12.8. The van der Waals surface area contributed by atoms with Crippen LogP contribution >= 0.6 is 15.9 Å². The van der Waals surface area contributed by atoms with Gasteiger partial charge >= 0.3 is 0 Å². The van der Waals surface area contributed by atoms with Crippen LogP contribution in [0.25, 0.3) is 5.76 Å². The molecule has 0 aromatic heterocycles. The third-order valence-electron chi connectivity index (χ3n) is 6.73. The van der Waals surface area contributed by atoms with Gasteiger partial charge < -0.3 is 15.1 Å². The summed E-state index contributed by atoms with van der Waals surface area (Å²) in [7, 11) is 0. The Bertz CT molecular complexity index is 980. The van der Waals surface area contributed by atoms with Crippen molar-refractivity contribution in [3.8, 4) is 0 Å². The summed E-state index contributed by atoms with van der Waals surface area (Å²) in [6, 6.07) is 14.7. The number of hydrogen-bond donors (Lipinski definition) is 2. The summed E-state index contributed by atoms with van der Waals surface area (Å²) < 4.78 is 0.938. The predicted molar refractivity (Wildman–Crippen MR) is 146 cm³/mol. The van der Waals surface area contributed by atoms with E-state index in [4.69, 9.17) is 0 Å². The van der Waals surface area contributed by atoms with Crippen molar-refractivity contribution in [1.82, 2.24) is 9.80 Å². The molecule has 2 aromatic rings. The van der Waals surface area contributed by atoms with E-state index < -0.39 is 18.1 Å². The van der Waals surface area contributed by atoms with Gasteiger partial charge in [-0.1, -0.05) is 84.6 Å². The summed E-state index contributed by atoms with van der Waals surface area (Å²) >= 11 is 3.48. The Balaban J connectivity index is 1.89. The molecule has 5 nitrogen and oxygen atoms in total. The van der Waals surface area contributed by atoms with Crippen LogP contribution in [-0.2, 0) is 4.79 Å². The monoisotopic (exact) mass is 542 g/mol. The highest BCUT2D eigenvalue weighted by molar-refractivity contribution is 9.10. The number of rotatable bonds is 12. The van der Waals surface area contributed by atoms with Gasteiger partial charge in [0, 0.05) is 16.6 Å². The fourth-order valence-electron chi connectivity index (χ4n) is 4.67. The average Bonchev–Trinajstić information content (AvgIpc) is 3.10. The second kappa shape index (κ2) is 13.4. The fourth-order valence-corrected chi connectivity index (χ4v) is 4.94. The summed E-state index contributed by atoms with van der Waals surface area (Å²) in [5, 5.41) is 22.2. The van der Waals surface area contributed by atoms with Gasteiger partial charge in [-0.2, -0.15) is 0 Å². The lowest BCUT2D eigenvalue weighted by atomic mass is 9.95. The number of aryl methyl sites for hydroxylation is 1. The number of ketones is 1. The normalized spacial score (nSPS) is 20.1. The fraction of sp³-hybridized carbons (Fsp3) is 0.483. The van der Waals surface area contributed by atoms with Crippen molar-refractivity contribution >= 4 is 27.5 Å². The van der Waals surface area contributed by atoms with Gasteiger partial charge in [-0.3, -0.25) is 9.69 Å². The van der Waals surface area contributed by atoms with E-state index in [1.54, 1.807) is 0 Å². The van der Waals surface area contributed by atoms with Gasteiger partial charge in [-0.25, -0.2) is 0 Å². The van der Waals surface area contributed by atoms with Crippen LogP contribution in [0.3, 0.4) is 0 Å². The Morgan fingerprint density at radius 3 is 2.09 bits per heavy atom. The Kier molecular flexibility index (Phi) is 10.5. The van der Waals surface area contributed by atoms with Gasteiger partial charge in [0.1, 0.15) is 5.76 Å². The molecule has 1 aliphatic rings. The molecule has 0 amide bonds. The van der Waals surface area contributed by atoms with Crippen molar-refractivity contribution in [3.63, 3.8) is 0 Å². The van der Waals surface area contributed by atoms with Crippen molar-refractivity contribution in [2.45, 2.75) is 65.1 Å². The number of Topliss-reactive ketones (excluding diaryl/α,β-unsaturated/α-hetero) is 1. The van der Waals surface area contributed by atoms with E-state index >= 15 is 0 Å². The number of aliphatic hydroxyl groups is 2. The second-order valence-electron chi connectivity index (χ2n) is 9.46. The first-order valence-corrected chi connectivity index (χ1v) is 13.6. The number of aliphatic hydroxyl groups excluding tert-OH is 2. The summed E-state index contributed by atoms with van der Waals surface area (Å²) in [6.07, 6.45) is 4.25. The highest BCUT2D eigenvalue weighted by Gasteiger charge is 2.46. The number of hydrogen-bond acceptors (Lipinski definition) is 5. The lowest BCUT2D eigenvalue weighted by Gasteiger charge is -2.29. The molecule has 0 aliphatic carbocycles. The minimum atomic E-state index is -1.27. The standard InChI is InChI=1S/C29H39BrN2O3/c1-4-6-17-31(18-7-5-2)19-8-20-32-26(22-13-15-24(30)16-14-22)25(28(34)29(32)35)27(33)23-11-9-21(3)10-12-23/h9-16,26,29,33,35H,4-8,17-20H2,1-3H3/b27-25-. The SMILES string of the molecule is CCCCN(CCCC)CCCN1C(O)C(=O)/C(=C(\O)c2ccc(C)cc2)C1c1ccc(Br)cc1. The summed E-state index contributed by atoms with van der Waals surface area (Å²) in [5.74, 6) is -0.484. The zero-order valence-electron chi connectivity index (χ0n) is 21.2. The molecule has 1 saturated heterocycles. The average molecular weight is 544 g/mol. The van der Waals surface area contributed by atoms with Crippen LogP contribution in [-0.4, -0.2) is 58.2 Å². The quantitative estimate of drug-likeness (QED) is 0.244. The van der Waals surface area contributed by atoms with Crippen molar-refractivity contribution in [2.24, 2.45) is 0 Å². The van der Waals surface area contributed by atoms with E-state index in [0.29, 0.717) is 12.1 Å². The third-order valence-corrected chi connectivity index (χ3v) is 7.26. The molecule has 190 valence electrons. The Labute approximate surface area is 218 Å². The van der Waals surface area contributed by atoms with Crippen LogP contribution in [0.4, 0.5) is 0 Å². The lowest BCUT2D eigenvalue weighted by Crippen LogP contribution is -2.37. The number of carbonyl (C=O) groups excluding carboxylic acids is 1. The van der Waals surface area contributed by atoms with Gasteiger partial charge in [-0.15, -0.1) is 0 Å². The number of benzene rings is 2. The van der Waals surface area contributed by atoms with Crippen LogP contribution in [0.1, 0.15) is 68.7 Å². The number of nitrogens with zero attached hydrogens (tertiary/aromatic N) is 2. The maximum absolute atomic E-state index is 13.3. The van der Waals surface area contributed by atoms with Crippen LogP contribution in [0.2, 0.25) is 0 Å². The van der Waals surface area contributed by atoms with E-state index in [0.717, 1.165) is 41.7 Å². The molecule has 1 aliphatic heterocycles. The highest BCUT2D eigenvalue weighted by Crippen LogP contribution is 2.41. The highest BCUT2D eigenvalue weighted by atomic mass is 79.9. The number of carbonyl (C=O) groups is 1. The molecule has 35 heavy (non-hydrogen) atoms. The van der Waals surface area contributed by atoms with Gasteiger partial charge in [0.05, 0.1) is 11.6 Å². The number of halogens is 1. The number of unbranched alkanes of at least 4 members (excludes halogenated alkanes) is 2. The first kappa shape index (κ1) is 27.6. The van der Waals surface area contributed by atoms with E-state index in [1.165, 1.54) is 25.7 Å². The summed E-state index contributed by atoms with van der Waals surface area (Å²) in [6.45, 7) is 10.0. The minimum absolute atomic E-state index is 0.0583. The van der Waals surface area contributed by atoms with Crippen molar-refractivity contribution in [2.75, 3.05) is 26.2 Å². The minimum Gasteiger partial charge on any atom is -0.507 e. The molecule has 2 N–H and O–H groups in total. The van der Waals surface area contributed by atoms with Gasteiger partial charge in [0.25, 0.3) is 0 Å². The molecule has 1 heterocycles. The van der Waals surface area contributed by atoms with E-state index in [2.05, 4.69) is 34.7 Å². The predicted octanol–water partition coefficient (Wildman–Crippen LogP) is 6.26. The zero-order chi connectivity index (χ0) is 25.4. The summed E-state index contributed by atoms with van der Waals surface area (Å²) in [5.41, 5.74) is 2.80. The van der Waals surface area contributed by atoms with Crippen LogP contribution in [0, 0.1) is 6.92 Å². The Hall–Kier alpha value is -1.99. The van der Waals surface area contributed by atoms with Crippen LogP contribution < -0.4 is 0 Å². The zero-order valence-corrected chi connectivity index (χ0v) is 22.8. The molecule has 6 heteroatoms. The molecule has 3 rings (SSSR count). The van der Waals surface area contributed by atoms with E-state index in [9.17, 15) is 15.0 Å². The van der Waals surface area contributed by atoms with Gasteiger partial charge in [0.15, 0.2) is 6.23 Å². The number of likely N-dealkylation sites (tertiary alicyclic amines) is 1. The van der Waals surface area contributed by atoms with Crippen LogP contribution in [0.15, 0.2) is 58.6 Å². The third kappa shape index (κ3) is 7.04. The Morgan fingerprint density at radius 2 is 1.51 bits per heavy atom. The molecule has 1 fully saturated rings.